The maximum absolute atomic E-state index is 12.8. The van der Waals surface area contributed by atoms with Crippen molar-refractivity contribution in [2.45, 2.75) is 65.1 Å². The van der Waals surface area contributed by atoms with Crippen molar-refractivity contribution in [3.8, 4) is 0 Å². The van der Waals surface area contributed by atoms with Gasteiger partial charge in [-0.15, -0.1) is 0 Å². The summed E-state index contributed by atoms with van der Waals surface area (Å²) in [5, 5.41) is 0. The molecule has 0 aliphatic heterocycles. The molecule has 0 spiro atoms. The molecule has 0 amide bonds. The van der Waals surface area contributed by atoms with E-state index in [-0.39, 0.29) is 79.3 Å². The van der Waals surface area contributed by atoms with Crippen molar-refractivity contribution in [3.63, 3.8) is 0 Å². The standard InChI is InChI=1S/C50H102F8N8O17/c1-45(80-55)71-29-21-65(22-30-72-46(2)81-56)15-11-61(7)43-50(44-62(8)12-16-66(23-31-73-47(3)82-57)24-32-74-48(4)83-58)79-49(41-59(5)9-13-63(17-25-67-33-37-75-51)18-26-68-34-38-76-52)42-60(6)10-14-64(19-27-69-35-39-77-53)20-28-70-36-40-78-54/h45-50H,9-44H2,1-8H3. The van der Waals surface area contributed by atoms with Gasteiger partial charge in [-0.2, -0.15) is 39.5 Å². The van der Waals surface area contributed by atoms with E-state index in [1.807, 2.05) is 38.0 Å². The summed E-state index contributed by atoms with van der Waals surface area (Å²) < 4.78 is 152. The molecule has 33 heteroatoms. The molecule has 0 aromatic carbocycles. The first kappa shape index (κ1) is 81.4. The monoisotopic (exact) mass is 1240 g/mol. The number of rotatable bonds is 66. The number of ether oxygens (including phenoxy) is 9. The highest BCUT2D eigenvalue weighted by atomic mass is 19.3. The van der Waals surface area contributed by atoms with Gasteiger partial charge in [0.15, 0.2) is 25.2 Å². The van der Waals surface area contributed by atoms with Crippen molar-refractivity contribution in [2.75, 3.05) is 265 Å². The molecule has 0 bridgehead atoms. The molecular formula is C50H102F8N8O17. The third kappa shape index (κ3) is 51.1. The average Bonchev–Trinajstić information content (AvgIpc) is 3.51. The Morgan fingerprint density at radius 2 is 0.458 bits per heavy atom. The Morgan fingerprint density at radius 3 is 0.651 bits per heavy atom. The first-order chi connectivity index (χ1) is 40.2. The second kappa shape index (κ2) is 58.1. The number of hydrogen-bond donors (Lipinski definition) is 0. The van der Waals surface area contributed by atoms with Gasteiger partial charge < -0.3 is 62.2 Å². The summed E-state index contributed by atoms with van der Waals surface area (Å²) in [5.41, 5.74) is 0. The van der Waals surface area contributed by atoms with Gasteiger partial charge in [-0.3, -0.25) is 19.6 Å². The average molecular weight is 1240 g/mol. The normalized spacial score (nSPS) is 14.4. The lowest BCUT2D eigenvalue weighted by Gasteiger charge is -2.36. The van der Waals surface area contributed by atoms with Crippen molar-refractivity contribution in [2.24, 2.45) is 0 Å². The van der Waals surface area contributed by atoms with Crippen LogP contribution in [0.2, 0.25) is 0 Å². The van der Waals surface area contributed by atoms with Crippen molar-refractivity contribution in [3.05, 3.63) is 0 Å². The van der Waals surface area contributed by atoms with Crippen LogP contribution < -0.4 is 0 Å². The molecule has 83 heavy (non-hydrogen) atoms. The summed E-state index contributed by atoms with van der Waals surface area (Å²) in [6, 6.07) is 0. The maximum atomic E-state index is 12.8. The molecule has 0 aliphatic rings. The van der Waals surface area contributed by atoms with Crippen LogP contribution in [-0.4, -0.2) is 341 Å². The van der Waals surface area contributed by atoms with Crippen molar-refractivity contribution >= 4 is 0 Å². The SMILES string of the molecule is CC(OF)OCCN(CCOC(C)OF)CCN(C)CC(CN(C)CCN(CCOC(C)OF)CCOC(C)OF)OC(CN(C)CCN(CCOCCOF)CCOCCOF)CN(C)CCN(CCOCCOF)CCOCCOF. The number of likely N-dealkylation sites (N-methyl/N-ethyl adjacent to an activating group) is 4. The lowest BCUT2D eigenvalue weighted by atomic mass is 10.2. The Hall–Kier alpha value is -1.56. The van der Waals surface area contributed by atoms with Crippen LogP contribution in [0.15, 0.2) is 0 Å². The van der Waals surface area contributed by atoms with Crippen LogP contribution in [0.4, 0.5) is 36.2 Å². The first-order valence-corrected chi connectivity index (χ1v) is 28.3. The fourth-order valence-corrected chi connectivity index (χ4v) is 7.94. The smallest absolute Gasteiger partial charge is 0.193 e. The molecule has 0 aromatic rings. The second-order valence-electron chi connectivity index (χ2n) is 19.6. The molecule has 500 valence electrons. The van der Waals surface area contributed by atoms with E-state index in [0.29, 0.717) is 157 Å². The Labute approximate surface area is 486 Å². The van der Waals surface area contributed by atoms with Crippen LogP contribution in [0.5, 0.6) is 0 Å². The van der Waals surface area contributed by atoms with Gasteiger partial charge in [0.2, 0.25) is 0 Å². The van der Waals surface area contributed by atoms with E-state index in [2.05, 4.69) is 68.9 Å². The number of nitrogens with zero attached hydrogens (tertiary/aromatic N) is 8. The second-order valence-corrected chi connectivity index (χ2v) is 19.6. The molecule has 0 fully saturated rings. The van der Waals surface area contributed by atoms with Gasteiger partial charge >= 0.3 is 0 Å². The maximum Gasteiger partial charge on any atom is 0.193 e. The zero-order valence-corrected chi connectivity index (χ0v) is 50.5. The lowest BCUT2D eigenvalue weighted by Crippen LogP contribution is -2.49. The van der Waals surface area contributed by atoms with Gasteiger partial charge in [0.25, 0.3) is 0 Å². The largest absolute Gasteiger partial charge is 0.378 e. The van der Waals surface area contributed by atoms with Crippen LogP contribution in [0.1, 0.15) is 27.7 Å². The highest BCUT2D eigenvalue weighted by Crippen LogP contribution is 2.10. The fourth-order valence-electron chi connectivity index (χ4n) is 7.94. The zero-order chi connectivity index (χ0) is 61.6. The topological polar surface area (TPSA) is 183 Å². The minimum atomic E-state index is -1.07. The molecule has 0 saturated heterocycles. The van der Waals surface area contributed by atoms with Gasteiger partial charge in [-0.25, -0.2) is 0 Å². The molecule has 4 unspecified atom stereocenters. The molecule has 0 radical (unpaired) electrons. The quantitative estimate of drug-likeness (QED) is 0.0491. The molecule has 25 nitrogen and oxygen atoms in total. The number of hydrogen-bond acceptors (Lipinski definition) is 25. The summed E-state index contributed by atoms with van der Waals surface area (Å²) in [4.78, 5) is 46.5. The van der Waals surface area contributed by atoms with E-state index < -0.39 is 37.4 Å². The summed E-state index contributed by atoms with van der Waals surface area (Å²) in [6.45, 7) is 16.7. The molecule has 0 N–H and O–H groups in total. The van der Waals surface area contributed by atoms with Crippen molar-refractivity contribution < 1.29 is 118 Å². The van der Waals surface area contributed by atoms with E-state index >= 15 is 0 Å². The Bertz CT molecular complexity index is 1230. The van der Waals surface area contributed by atoms with E-state index in [4.69, 9.17) is 42.6 Å². The third-order valence-corrected chi connectivity index (χ3v) is 12.6. The van der Waals surface area contributed by atoms with Crippen LogP contribution in [0, 0.1) is 0 Å². The molecule has 4 atom stereocenters. The first-order valence-electron chi connectivity index (χ1n) is 28.3. The van der Waals surface area contributed by atoms with E-state index in [9.17, 15) is 36.2 Å². The van der Waals surface area contributed by atoms with Crippen LogP contribution >= 0.6 is 0 Å². The summed E-state index contributed by atoms with van der Waals surface area (Å²) in [6.07, 6.45) is -5.10. The van der Waals surface area contributed by atoms with Gasteiger partial charge in [0.1, 0.15) is 26.4 Å². The molecule has 0 heterocycles. The van der Waals surface area contributed by atoms with Crippen LogP contribution in [-0.2, 0) is 82.2 Å². The predicted molar refractivity (Wildman–Crippen MR) is 286 cm³/mol. The lowest BCUT2D eigenvalue weighted by molar-refractivity contribution is -0.269. The van der Waals surface area contributed by atoms with Crippen molar-refractivity contribution in [1.29, 1.82) is 0 Å². The van der Waals surface area contributed by atoms with E-state index in [1.54, 1.807) is 0 Å². The molecule has 0 aliphatic carbocycles. The number of halogens is 8. The van der Waals surface area contributed by atoms with Crippen LogP contribution in [0.25, 0.3) is 0 Å². The third-order valence-electron chi connectivity index (χ3n) is 12.6. The molecule has 0 rings (SSSR count). The summed E-state index contributed by atoms with van der Waals surface area (Å²) in [7, 11) is 7.91. The summed E-state index contributed by atoms with van der Waals surface area (Å²) in [5.74, 6) is 0. The van der Waals surface area contributed by atoms with Crippen molar-refractivity contribution in [1.82, 2.24) is 39.2 Å². The van der Waals surface area contributed by atoms with Gasteiger partial charge in [-0.05, 0) is 92.1 Å². The minimum Gasteiger partial charge on any atom is -0.378 e. The van der Waals surface area contributed by atoms with Crippen LogP contribution in [0.3, 0.4) is 0 Å². The predicted octanol–water partition coefficient (Wildman–Crippen LogP) is 3.40. The van der Waals surface area contributed by atoms with Gasteiger partial charge in [0, 0.05) is 131 Å². The zero-order valence-electron chi connectivity index (χ0n) is 50.5. The Balaban J connectivity index is 6.94. The highest BCUT2D eigenvalue weighted by molar-refractivity contribution is 4.78. The van der Waals surface area contributed by atoms with E-state index in [0.717, 1.165) is 0 Å². The van der Waals surface area contributed by atoms with Gasteiger partial charge in [0.05, 0.1) is 91.5 Å². The molecular weight excluding hydrogens is 1140 g/mol. The Kier molecular flexibility index (Phi) is 57.0. The minimum absolute atomic E-state index is 0.0727. The Morgan fingerprint density at radius 1 is 0.253 bits per heavy atom. The highest BCUT2D eigenvalue weighted by Gasteiger charge is 2.25. The van der Waals surface area contributed by atoms with E-state index in [1.165, 1.54) is 27.7 Å². The van der Waals surface area contributed by atoms with Gasteiger partial charge in [-0.1, -0.05) is 0 Å². The molecule has 0 saturated carbocycles. The summed E-state index contributed by atoms with van der Waals surface area (Å²) >= 11 is 0. The fraction of sp³-hybridized carbons (Fsp3) is 1.00. The molecule has 0 aromatic heterocycles.